The molecule has 8 aromatic carbocycles. The van der Waals surface area contributed by atoms with Gasteiger partial charge >= 0.3 is 0 Å². The maximum absolute atomic E-state index is 13.3. The van der Waals surface area contributed by atoms with E-state index < -0.39 is 0 Å². The summed E-state index contributed by atoms with van der Waals surface area (Å²) >= 11 is 0. The van der Waals surface area contributed by atoms with Crippen LogP contribution in [-0.2, 0) is 0 Å². The highest BCUT2D eigenvalue weighted by molar-refractivity contribution is 6.09. The second kappa shape index (κ2) is 17.6. The molecule has 0 aliphatic rings. The highest BCUT2D eigenvalue weighted by Gasteiger charge is 2.16. The van der Waals surface area contributed by atoms with Crippen LogP contribution in [0.4, 0.5) is 11.4 Å². The van der Waals surface area contributed by atoms with Crippen LogP contribution in [0, 0.1) is 27.7 Å². The lowest BCUT2D eigenvalue weighted by molar-refractivity contribution is 0.103. The van der Waals surface area contributed by atoms with Crippen LogP contribution < -0.4 is 30.4 Å². The normalized spacial score (nSPS) is 10.8. The monoisotopic (exact) mass is 816 g/mol. The number of ether oxygens (including phenoxy) is 4. The Kier molecular flexibility index (Phi) is 11.6. The van der Waals surface area contributed by atoms with Gasteiger partial charge in [-0.05, 0) is 231 Å². The van der Waals surface area contributed by atoms with Crippen LogP contribution >= 0.6 is 0 Å². The first-order chi connectivity index (χ1) is 29.9. The number of hydrogen-bond acceptors (Lipinski definition) is 8. The summed E-state index contributed by atoms with van der Waals surface area (Å²) in [7, 11) is 0. The summed E-state index contributed by atoms with van der Waals surface area (Å²) in [5, 5.41) is 0. The second-order valence-electron chi connectivity index (χ2n) is 15.2. The van der Waals surface area contributed by atoms with Gasteiger partial charge in [-0.3, -0.25) is 9.59 Å². The number of hydrogen-bond donors (Lipinski definition) is 2. The quantitative estimate of drug-likeness (QED) is 0.0871. The molecule has 8 aromatic rings. The number of benzene rings is 8. The summed E-state index contributed by atoms with van der Waals surface area (Å²) in [6.07, 6.45) is 0. The zero-order valence-corrected chi connectivity index (χ0v) is 34.8. The van der Waals surface area contributed by atoms with Gasteiger partial charge in [-0.2, -0.15) is 0 Å². The largest absolute Gasteiger partial charge is 0.457 e. The molecule has 8 rings (SSSR count). The van der Waals surface area contributed by atoms with E-state index >= 15 is 0 Å². The number of rotatable bonds is 13. The molecule has 306 valence electrons. The molecule has 0 fully saturated rings. The molecule has 0 radical (unpaired) electrons. The van der Waals surface area contributed by atoms with Gasteiger partial charge in [0.15, 0.2) is 11.6 Å². The smallest absolute Gasteiger partial charge is 0.193 e. The number of anilines is 2. The van der Waals surface area contributed by atoms with Gasteiger partial charge in [0, 0.05) is 33.6 Å². The van der Waals surface area contributed by atoms with Crippen LogP contribution in [0.2, 0.25) is 0 Å². The Morgan fingerprint density at radius 2 is 0.532 bits per heavy atom. The highest BCUT2D eigenvalue weighted by Crippen LogP contribution is 2.38. The van der Waals surface area contributed by atoms with Crippen LogP contribution in [0.3, 0.4) is 0 Å². The molecule has 8 nitrogen and oxygen atoms in total. The number of aryl methyl sites for hydroxylation is 4. The van der Waals surface area contributed by atoms with Crippen molar-refractivity contribution in [2.45, 2.75) is 27.7 Å². The van der Waals surface area contributed by atoms with Crippen molar-refractivity contribution in [3.05, 3.63) is 214 Å². The third kappa shape index (κ3) is 9.35. The van der Waals surface area contributed by atoms with E-state index in [9.17, 15) is 9.59 Å². The van der Waals surface area contributed by atoms with Crippen LogP contribution in [0.25, 0.3) is 11.1 Å². The lowest BCUT2D eigenvalue weighted by Crippen LogP contribution is -2.01. The molecule has 0 aliphatic carbocycles. The zero-order valence-electron chi connectivity index (χ0n) is 34.8. The Morgan fingerprint density at radius 3 is 0.774 bits per heavy atom. The maximum atomic E-state index is 13.3. The van der Waals surface area contributed by atoms with Crippen LogP contribution in [0.5, 0.6) is 46.0 Å². The van der Waals surface area contributed by atoms with E-state index in [0.29, 0.717) is 68.1 Å². The lowest BCUT2D eigenvalue weighted by Gasteiger charge is -2.17. The summed E-state index contributed by atoms with van der Waals surface area (Å²) in [5.41, 5.74) is 21.1. The molecule has 0 saturated heterocycles. The van der Waals surface area contributed by atoms with Gasteiger partial charge in [0.25, 0.3) is 0 Å². The van der Waals surface area contributed by atoms with E-state index in [1.54, 1.807) is 121 Å². The number of nitrogens with two attached hydrogens (primary N) is 2. The predicted molar refractivity (Wildman–Crippen MR) is 245 cm³/mol. The fraction of sp³-hybridized carbons (Fsp3) is 0.0741. The van der Waals surface area contributed by atoms with Crippen molar-refractivity contribution in [3.8, 4) is 57.1 Å². The van der Waals surface area contributed by atoms with E-state index in [1.807, 2.05) is 52.0 Å². The van der Waals surface area contributed by atoms with Crippen molar-refractivity contribution < 1.29 is 28.5 Å². The topological polar surface area (TPSA) is 123 Å². The molecule has 0 amide bonds. The van der Waals surface area contributed by atoms with E-state index in [4.69, 9.17) is 30.4 Å². The summed E-state index contributed by atoms with van der Waals surface area (Å²) in [5.74, 6) is 5.18. The minimum Gasteiger partial charge on any atom is -0.457 e. The van der Waals surface area contributed by atoms with Crippen molar-refractivity contribution >= 4 is 22.9 Å². The molecular formula is C54H44N2O6. The molecule has 0 spiro atoms. The molecule has 0 saturated carbocycles. The first-order valence-corrected chi connectivity index (χ1v) is 20.1. The van der Waals surface area contributed by atoms with Gasteiger partial charge in [-0.1, -0.05) is 0 Å². The van der Waals surface area contributed by atoms with Gasteiger partial charge < -0.3 is 30.4 Å². The molecular weight excluding hydrogens is 773 g/mol. The standard InChI is InChI=1S/C54H44N2O6/c1-33-29-41(30-34(2)53(33)61-49-21-9-39(10-22-49)51(57)37-5-17-45(18-6-37)59-47-25-13-43(55)14-26-47)42-31-35(3)54(36(4)32-42)62-50-23-11-40(12-24-50)52(58)38-7-19-46(20-8-38)60-48-27-15-44(56)16-28-48/h5-32H,55-56H2,1-4H3. The van der Waals surface area contributed by atoms with Crippen molar-refractivity contribution in [2.24, 2.45) is 0 Å². The Bertz CT molecular complexity index is 2640. The SMILES string of the molecule is Cc1cc(-c2cc(C)c(Oc3ccc(C(=O)c4ccc(Oc5ccc(N)cc5)cc4)cc3)c(C)c2)cc(C)c1Oc1ccc(C(=O)c2ccc(Oc3ccc(N)cc3)cc2)cc1. The number of carbonyl (C=O) groups excluding carboxylic acids is 2. The van der Waals surface area contributed by atoms with Crippen LogP contribution in [-0.4, -0.2) is 11.6 Å². The van der Waals surface area contributed by atoms with Gasteiger partial charge in [0.2, 0.25) is 0 Å². The van der Waals surface area contributed by atoms with Gasteiger partial charge in [0.1, 0.15) is 46.0 Å². The third-order valence-corrected chi connectivity index (χ3v) is 10.4. The zero-order chi connectivity index (χ0) is 43.3. The number of nitrogen functional groups attached to an aromatic ring is 2. The number of carbonyl (C=O) groups is 2. The third-order valence-electron chi connectivity index (χ3n) is 10.4. The fourth-order valence-electron chi connectivity index (χ4n) is 7.17. The Labute approximate surface area is 360 Å². The average Bonchev–Trinajstić information content (AvgIpc) is 3.28. The van der Waals surface area contributed by atoms with Crippen LogP contribution in [0.1, 0.15) is 54.1 Å². The van der Waals surface area contributed by atoms with Crippen molar-refractivity contribution in [1.82, 2.24) is 0 Å². The predicted octanol–water partition coefficient (Wildman–Crippen LogP) is 13.4. The summed E-state index contributed by atoms with van der Waals surface area (Å²) < 4.78 is 24.5. The van der Waals surface area contributed by atoms with Crippen molar-refractivity contribution in [3.63, 3.8) is 0 Å². The first kappa shape index (κ1) is 40.7. The molecule has 0 atom stereocenters. The summed E-state index contributed by atoms with van der Waals surface area (Å²) in [6, 6.07) is 51.2. The molecule has 0 bridgehead atoms. The summed E-state index contributed by atoms with van der Waals surface area (Å²) in [6.45, 7) is 8.12. The van der Waals surface area contributed by atoms with E-state index in [2.05, 4.69) is 24.3 Å². The molecule has 4 N–H and O–H groups in total. The molecule has 0 aromatic heterocycles. The molecule has 0 unspecified atom stereocenters. The first-order valence-electron chi connectivity index (χ1n) is 20.1. The van der Waals surface area contributed by atoms with Crippen molar-refractivity contribution in [1.29, 1.82) is 0 Å². The lowest BCUT2D eigenvalue weighted by atomic mass is 9.96. The summed E-state index contributed by atoms with van der Waals surface area (Å²) in [4.78, 5) is 26.6. The van der Waals surface area contributed by atoms with Crippen molar-refractivity contribution in [2.75, 3.05) is 11.5 Å². The maximum Gasteiger partial charge on any atom is 0.193 e. The minimum atomic E-state index is -0.0970. The van der Waals surface area contributed by atoms with Gasteiger partial charge in [-0.15, -0.1) is 0 Å². The Hall–Kier alpha value is -8.10. The van der Waals surface area contributed by atoms with E-state index in [-0.39, 0.29) is 11.6 Å². The van der Waals surface area contributed by atoms with E-state index in [1.165, 1.54) is 0 Å². The Morgan fingerprint density at radius 1 is 0.323 bits per heavy atom. The highest BCUT2D eigenvalue weighted by atomic mass is 16.5. The van der Waals surface area contributed by atoms with Crippen LogP contribution in [0.15, 0.2) is 170 Å². The molecule has 62 heavy (non-hydrogen) atoms. The van der Waals surface area contributed by atoms with Gasteiger partial charge in [0.05, 0.1) is 0 Å². The number of ketones is 2. The molecule has 0 aliphatic heterocycles. The minimum absolute atomic E-state index is 0.0970. The fourth-order valence-corrected chi connectivity index (χ4v) is 7.17. The average molecular weight is 817 g/mol. The molecule has 8 heteroatoms. The Balaban J connectivity index is 0.888. The second-order valence-corrected chi connectivity index (χ2v) is 15.2. The molecule has 0 heterocycles. The van der Waals surface area contributed by atoms with E-state index in [0.717, 1.165) is 44.9 Å². The van der Waals surface area contributed by atoms with Gasteiger partial charge in [-0.25, -0.2) is 0 Å².